The smallest absolute Gasteiger partial charge is 0.220 e. The van der Waals surface area contributed by atoms with Gasteiger partial charge in [-0.1, -0.05) is 159 Å². The van der Waals surface area contributed by atoms with Crippen LogP contribution in [0.4, 0.5) is 0 Å². The van der Waals surface area contributed by atoms with E-state index in [1.54, 1.807) is 6.08 Å². The van der Waals surface area contributed by atoms with Crippen molar-refractivity contribution in [2.45, 2.75) is 180 Å². The highest BCUT2D eigenvalue weighted by atomic mass is 16.3. The first kappa shape index (κ1) is 40.4. The standard InChI is InChI=1S/C38H69NO3/c1-3-5-7-9-11-13-15-17-19-21-23-25-27-29-31-33-37(41)36(35-40)39-38(42)34-32-30-28-26-24-22-20-18-16-14-12-10-8-6-4-2/h6,8,12,14,18,20,31,33,36-37,40-41H,3-5,7,9-11,13,15-17,19,21-30,32,34-35H2,1-2H3,(H,39,42)/b8-6-,14-12-,20-18-,33-31+. The molecule has 2 atom stereocenters. The zero-order valence-corrected chi connectivity index (χ0v) is 27.8. The minimum absolute atomic E-state index is 0.0841. The quantitative estimate of drug-likeness (QED) is 0.0558. The predicted octanol–water partition coefficient (Wildman–Crippen LogP) is 10.5. The number of unbranched alkanes of at least 4 members (excludes halogenated alkanes) is 18. The Kier molecular flexibility index (Phi) is 32.5. The van der Waals surface area contributed by atoms with Crippen LogP contribution in [0.2, 0.25) is 0 Å². The van der Waals surface area contributed by atoms with Gasteiger partial charge in [-0.25, -0.2) is 0 Å². The third kappa shape index (κ3) is 29.8. The number of hydrogen-bond donors (Lipinski definition) is 3. The average molecular weight is 588 g/mol. The first-order valence-corrected chi connectivity index (χ1v) is 17.9. The van der Waals surface area contributed by atoms with Gasteiger partial charge in [-0.05, 0) is 51.4 Å². The van der Waals surface area contributed by atoms with Gasteiger partial charge in [-0.2, -0.15) is 0 Å². The van der Waals surface area contributed by atoms with Crippen LogP contribution in [-0.2, 0) is 4.79 Å². The molecule has 0 aromatic carbocycles. The molecule has 0 fully saturated rings. The van der Waals surface area contributed by atoms with Gasteiger partial charge in [0.25, 0.3) is 0 Å². The Morgan fingerprint density at radius 3 is 1.57 bits per heavy atom. The summed E-state index contributed by atoms with van der Waals surface area (Å²) >= 11 is 0. The molecular formula is C38H69NO3. The lowest BCUT2D eigenvalue weighted by molar-refractivity contribution is -0.123. The minimum Gasteiger partial charge on any atom is -0.394 e. The maximum atomic E-state index is 12.3. The van der Waals surface area contributed by atoms with E-state index in [1.807, 2.05) is 6.08 Å². The zero-order chi connectivity index (χ0) is 30.8. The van der Waals surface area contributed by atoms with E-state index in [0.29, 0.717) is 6.42 Å². The van der Waals surface area contributed by atoms with Gasteiger partial charge < -0.3 is 15.5 Å². The normalized spacial score (nSPS) is 13.7. The molecule has 0 aliphatic heterocycles. The molecule has 0 spiro atoms. The molecule has 3 N–H and O–H groups in total. The van der Waals surface area contributed by atoms with Gasteiger partial charge in [0.2, 0.25) is 5.91 Å². The topological polar surface area (TPSA) is 69.6 Å². The lowest BCUT2D eigenvalue weighted by Crippen LogP contribution is -2.45. The molecule has 0 aliphatic rings. The molecule has 0 heterocycles. The number of nitrogens with one attached hydrogen (secondary N) is 1. The molecule has 2 unspecified atom stereocenters. The van der Waals surface area contributed by atoms with Crippen LogP contribution in [0.3, 0.4) is 0 Å². The van der Waals surface area contributed by atoms with Crippen LogP contribution in [-0.4, -0.2) is 34.9 Å². The van der Waals surface area contributed by atoms with Gasteiger partial charge in [-0.15, -0.1) is 0 Å². The van der Waals surface area contributed by atoms with Crippen LogP contribution in [0.5, 0.6) is 0 Å². The van der Waals surface area contributed by atoms with Crippen LogP contribution < -0.4 is 5.32 Å². The van der Waals surface area contributed by atoms with Gasteiger partial charge in [0.05, 0.1) is 18.8 Å². The first-order valence-electron chi connectivity index (χ1n) is 17.9. The Morgan fingerprint density at radius 2 is 1.05 bits per heavy atom. The van der Waals surface area contributed by atoms with E-state index in [0.717, 1.165) is 57.8 Å². The molecule has 0 saturated carbocycles. The van der Waals surface area contributed by atoms with E-state index in [1.165, 1.54) is 89.9 Å². The van der Waals surface area contributed by atoms with Crippen LogP contribution in [0, 0.1) is 0 Å². The molecule has 0 rings (SSSR count). The van der Waals surface area contributed by atoms with Gasteiger partial charge in [0, 0.05) is 6.42 Å². The highest BCUT2D eigenvalue weighted by molar-refractivity contribution is 5.76. The molecule has 4 nitrogen and oxygen atoms in total. The van der Waals surface area contributed by atoms with Crippen LogP contribution >= 0.6 is 0 Å². The van der Waals surface area contributed by atoms with Gasteiger partial charge >= 0.3 is 0 Å². The number of allylic oxidation sites excluding steroid dienone is 7. The maximum absolute atomic E-state index is 12.3. The Labute approximate surface area is 261 Å². The SMILES string of the molecule is CC/C=C\C/C=C\C/C=C\CCCCCCCC(=O)NC(CO)C(O)/C=C/CCCCCCCCCCCCCCC. The summed E-state index contributed by atoms with van der Waals surface area (Å²) in [5, 5.41) is 22.9. The summed E-state index contributed by atoms with van der Waals surface area (Å²) in [6, 6.07) is -0.630. The van der Waals surface area contributed by atoms with Crippen molar-refractivity contribution in [3.05, 3.63) is 48.6 Å². The van der Waals surface area contributed by atoms with E-state index < -0.39 is 12.1 Å². The second-order valence-corrected chi connectivity index (χ2v) is 11.9. The number of rotatable bonds is 31. The number of hydrogen-bond acceptors (Lipinski definition) is 3. The van der Waals surface area contributed by atoms with Crippen LogP contribution in [0.15, 0.2) is 48.6 Å². The van der Waals surface area contributed by atoms with Crippen LogP contribution in [0.1, 0.15) is 168 Å². The summed E-state index contributed by atoms with van der Waals surface area (Å²) in [7, 11) is 0. The Bertz CT molecular complexity index is 682. The molecule has 4 heteroatoms. The Morgan fingerprint density at radius 1 is 0.595 bits per heavy atom. The molecule has 0 aliphatic carbocycles. The number of carbonyl (C=O) groups excluding carboxylic acids is 1. The Balaban J connectivity index is 3.68. The third-order valence-corrected chi connectivity index (χ3v) is 7.82. The summed E-state index contributed by atoms with van der Waals surface area (Å²) in [6.45, 7) is 4.17. The van der Waals surface area contributed by atoms with Crippen molar-refractivity contribution in [1.29, 1.82) is 0 Å². The maximum Gasteiger partial charge on any atom is 0.220 e. The molecule has 244 valence electrons. The van der Waals surface area contributed by atoms with E-state index in [-0.39, 0.29) is 12.5 Å². The summed E-state index contributed by atoms with van der Waals surface area (Å²) in [5.41, 5.74) is 0. The highest BCUT2D eigenvalue weighted by Gasteiger charge is 2.17. The lowest BCUT2D eigenvalue weighted by atomic mass is 10.0. The van der Waals surface area contributed by atoms with Crippen molar-refractivity contribution in [2.75, 3.05) is 6.61 Å². The lowest BCUT2D eigenvalue weighted by Gasteiger charge is -2.20. The van der Waals surface area contributed by atoms with Gasteiger partial charge in [0.1, 0.15) is 0 Å². The molecule has 0 aromatic rings. The molecular weight excluding hydrogens is 518 g/mol. The summed E-state index contributed by atoms with van der Waals surface area (Å²) in [6.07, 6.45) is 44.7. The predicted molar refractivity (Wildman–Crippen MR) is 184 cm³/mol. The second kappa shape index (κ2) is 33.8. The van der Waals surface area contributed by atoms with Crippen LogP contribution in [0.25, 0.3) is 0 Å². The minimum atomic E-state index is -0.845. The fourth-order valence-electron chi connectivity index (χ4n) is 5.07. The summed E-state index contributed by atoms with van der Waals surface area (Å²) in [5.74, 6) is -0.0841. The first-order chi connectivity index (χ1) is 20.7. The fraction of sp³-hybridized carbons (Fsp3) is 0.763. The highest BCUT2D eigenvalue weighted by Crippen LogP contribution is 2.13. The van der Waals surface area contributed by atoms with Crippen molar-refractivity contribution in [1.82, 2.24) is 5.32 Å². The molecule has 0 radical (unpaired) electrons. The molecule has 0 aromatic heterocycles. The average Bonchev–Trinajstić information content (AvgIpc) is 2.99. The third-order valence-electron chi connectivity index (χ3n) is 7.82. The van der Waals surface area contributed by atoms with E-state index in [9.17, 15) is 15.0 Å². The van der Waals surface area contributed by atoms with E-state index in [2.05, 4.69) is 55.6 Å². The van der Waals surface area contributed by atoms with Crippen molar-refractivity contribution < 1.29 is 15.0 Å². The second-order valence-electron chi connectivity index (χ2n) is 11.9. The van der Waals surface area contributed by atoms with Crippen molar-refractivity contribution in [2.24, 2.45) is 0 Å². The molecule has 0 saturated heterocycles. The number of aliphatic hydroxyl groups excluding tert-OH is 2. The van der Waals surface area contributed by atoms with Crippen molar-refractivity contribution in [3.63, 3.8) is 0 Å². The molecule has 0 bridgehead atoms. The van der Waals surface area contributed by atoms with Gasteiger partial charge in [0.15, 0.2) is 0 Å². The number of carbonyl (C=O) groups is 1. The number of aliphatic hydroxyl groups is 2. The molecule has 1 amide bonds. The zero-order valence-electron chi connectivity index (χ0n) is 27.8. The van der Waals surface area contributed by atoms with Crippen molar-refractivity contribution >= 4 is 5.91 Å². The monoisotopic (exact) mass is 588 g/mol. The van der Waals surface area contributed by atoms with Gasteiger partial charge in [-0.3, -0.25) is 4.79 Å². The Hall–Kier alpha value is -1.65. The van der Waals surface area contributed by atoms with E-state index >= 15 is 0 Å². The largest absolute Gasteiger partial charge is 0.394 e. The summed E-state index contributed by atoms with van der Waals surface area (Å²) < 4.78 is 0. The fourth-order valence-corrected chi connectivity index (χ4v) is 5.07. The summed E-state index contributed by atoms with van der Waals surface area (Å²) in [4.78, 5) is 12.3. The van der Waals surface area contributed by atoms with Crippen molar-refractivity contribution in [3.8, 4) is 0 Å². The number of amides is 1. The molecule has 42 heavy (non-hydrogen) atoms. The van der Waals surface area contributed by atoms with E-state index in [4.69, 9.17) is 0 Å².